The van der Waals surface area contributed by atoms with Crippen molar-refractivity contribution in [1.82, 2.24) is 14.7 Å². The normalized spacial score (nSPS) is 18.0. The fourth-order valence-corrected chi connectivity index (χ4v) is 4.36. The number of hydrogen-bond donors (Lipinski definition) is 0. The zero-order valence-corrected chi connectivity index (χ0v) is 21.0. The quantitative estimate of drug-likeness (QED) is 0.596. The van der Waals surface area contributed by atoms with Crippen LogP contribution in [-0.2, 0) is 16.0 Å². The van der Waals surface area contributed by atoms with Crippen molar-refractivity contribution in [3.05, 3.63) is 27.2 Å². The van der Waals surface area contributed by atoms with Crippen molar-refractivity contribution < 1.29 is 19.1 Å². The summed E-state index contributed by atoms with van der Waals surface area (Å²) in [5, 5.41) is 0.609. The van der Waals surface area contributed by atoms with E-state index in [2.05, 4.69) is 20.8 Å². The van der Waals surface area contributed by atoms with E-state index in [1.165, 1.54) is 0 Å². The van der Waals surface area contributed by atoms with Crippen molar-refractivity contribution >= 4 is 39.5 Å². The lowest BCUT2D eigenvalue weighted by Gasteiger charge is -2.48. The van der Waals surface area contributed by atoms with Gasteiger partial charge in [-0.25, -0.2) is 4.79 Å². The molecule has 2 heterocycles. The second kappa shape index (κ2) is 9.96. The predicted octanol–water partition coefficient (Wildman–Crippen LogP) is 3.81. The third kappa shape index (κ3) is 6.26. The van der Waals surface area contributed by atoms with Gasteiger partial charge in [-0.05, 0) is 60.8 Å². The number of rotatable bonds is 5. The number of aryl methyl sites for hydroxylation is 1. The van der Waals surface area contributed by atoms with E-state index in [1.807, 2.05) is 37.8 Å². The molecule has 2 saturated heterocycles. The molecular weight excluding hydrogens is 486 g/mol. The zero-order chi connectivity index (χ0) is 22.8. The molecule has 0 aromatic heterocycles. The second-order valence-electron chi connectivity index (χ2n) is 9.03. The highest BCUT2D eigenvalue weighted by Gasteiger charge is 2.38. The van der Waals surface area contributed by atoms with E-state index in [4.69, 9.17) is 21.1 Å². The summed E-state index contributed by atoms with van der Waals surface area (Å²) in [4.78, 5) is 30.8. The van der Waals surface area contributed by atoms with E-state index in [0.29, 0.717) is 50.1 Å². The molecule has 1 aromatic carbocycles. The molecule has 0 aliphatic carbocycles. The van der Waals surface area contributed by atoms with Gasteiger partial charge in [0.1, 0.15) is 11.4 Å². The summed E-state index contributed by atoms with van der Waals surface area (Å²) < 4.78 is 11.6. The number of piperazine rings is 1. The number of methoxy groups -OCH3 is 1. The molecule has 172 valence electrons. The van der Waals surface area contributed by atoms with E-state index in [0.717, 1.165) is 28.9 Å². The molecular formula is C22H31BrClN3O4. The van der Waals surface area contributed by atoms with Crippen LogP contribution in [0.25, 0.3) is 0 Å². The molecule has 0 radical (unpaired) electrons. The van der Waals surface area contributed by atoms with Crippen LogP contribution in [0.15, 0.2) is 16.6 Å². The summed E-state index contributed by atoms with van der Waals surface area (Å²) in [5.41, 5.74) is 0.458. The maximum atomic E-state index is 12.7. The minimum absolute atomic E-state index is 0.143. The third-order valence-electron chi connectivity index (χ3n) is 5.63. The Balaban J connectivity index is 1.42. The van der Waals surface area contributed by atoms with E-state index in [1.54, 1.807) is 12.0 Å². The lowest BCUT2D eigenvalue weighted by atomic mass is 10.1. The fourth-order valence-electron chi connectivity index (χ4n) is 3.85. The van der Waals surface area contributed by atoms with Gasteiger partial charge in [0.25, 0.3) is 0 Å². The lowest BCUT2D eigenvalue weighted by Crippen LogP contribution is -2.64. The van der Waals surface area contributed by atoms with E-state index < -0.39 is 5.60 Å². The molecule has 2 aliphatic heterocycles. The summed E-state index contributed by atoms with van der Waals surface area (Å²) in [7, 11) is 1.62. The van der Waals surface area contributed by atoms with Crippen LogP contribution in [0.1, 0.15) is 32.8 Å². The molecule has 0 unspecified atom stereocenters. The van der Waals surface area contributed by atoms with Crippen molar-refractivity contribution in [2.45, 2.75) is 45.3 Å². The Morgan fingerprint density at radius 2 is 1.77 bits per heavy atom. The van der Waals surface area contributed by atoms with Crippen LogP contribution in [0.2, 0.25) is 5.02 Å². The van der Waals surface area contributed by atoms with Crippen molar-refractivity contribution in [3.63, 3.8) is 0 Å². The van der Waals surface area contributed by atoms with Gasteiger partial charge in [-0.3, -0.25) is 9.69 Å². The van der Waals surface area contributed by atoms with E-state index in [-0.39, 0.29) is 12.0 Å². The molecule has 0 atom stereocenters. The lowest BCUT2D eigenvalue weighted by molar-refractivity contribution is -0.133. The second-order valence-corrected chi connectivity index (χ2v) is 10.3. The first-order valence-electron chi connectivity index (χ1n) is 10.6. The Bertz CT molecular complexity index is 816. The number of carbonyl (C=O) groups excluding carboxylic acids is 2. The summed E-state index contributed by atoms with van der Waals surface area (Å²) in [6, 6.07) is 4.03. The first-order chi connectivity index (χ1) is 14.6. The van der Waals surface area contributed by atoms with Gasteiger partial charge in [0.15, 0.2) is 0 Å². The van der Waals surface area contributed by atoms with Gasteiger partial charge in [0, 0.05) is 56.2 Å². The van der Waals surface area contributed by atoms with Gasteiger partial charge in [0.2, 0.25) is 5.91 Å². The number of ether oxygens (including phenoxy) is 2. The molecule has 0 spiro atoms. The largest absolute Gasteiger partial charge is 0.496 e. The molecule has 2 aliphatic rings. The predicted molar refractivity (Wildman–Crippen MR) is 124 cm³/mol. The van der Waals surface area contributed by atoms with Crippen LogP contribution in [0.3, 0.4) is 0 Å². The van der Waals surface area contributed by atoms with Crippen molar-refractivity contribution in [3.8, 4) is 5.75 Å². The maximum absolute atomic E-state index is 12.7. The smallest absolute Gasteiger partial charge is 0.410 e. The van der Waals surface area contributed by atoms with Crippen LogP contribution >= 0.6 is 27.5 Å². The number of hydrogen-bond acceptors (Lipinski definition) is 5. The topological polar surface area (TPSA) is 62.3 Å². The molecule has 1 aromatic rings. The Kier molecular flexibility index (Phi) is 7.76. The highest BCUT2D eigenvalue weighted by atomic mass is 79.9. The summed E-state index contributed by atoms with van der Waals surface area (Å²) in [6.45, 7) is 10.1. The Morgan fingerprint density at radius 1 is 1.13 bits per heavy atom. The number of benzene rings is 1. The van der Waals surface area contributed by atoms with Crippen LogP contribution in [-0.4, -0.2) is 84.7 Å². The minimum Gasteiger partial charge on any atom is -0.496 e. The van der Waals surface area contributed by atoms with Crippen LogP contribution < -0.4 is 4.74 Å². The van der Waals surface area contributed by atoms with E-state index in [9.17, 15) is 9.59 Å². The number of carbonyl (C=O) groups is 2. The molecule has 0 saturated carbocycles. The zero-order valence-electron chi connectivity index (χ0n) is 18.6. The summed E-state index contributed by atoms with van der Waals surface area (Å²) >= 11 is 9.59. The van der Waals surface area contributed by atoms with Crippen molar-refractivity contribution in [2.75, 3.05) is 46.4 Å². The molecule has 2 amide bonds. The fraction of sp³-hybridized carbons (Fsp3) is 0.636. The molecule has 31 heavy (non-hydrogen) atoms. The van der Waals surface area contributed by atoms with Gasteiger partial charge >= 0.3 is 6.09 Å². The third-order valence-corrected chi connectivity index (χ3v) is 6.83. The SMILES string of the molecule is COc1cc(Br)c(Cl)cc1CCC(=O)N1CCN(C2CN(C(=O)OC(C)(C)C)C2)CC1. The van der Waals surface area contributed by atoms with Crippen LogP contribution in [0.5, 0.6) is 5.75 Å². The summed E-state index contributed by atoms with van der Waals surface area (Å²) in [5.74, 6) is 0.873. The Labute approximate surface area is 197 Å². The number of halogens is 2. The molecule has 0 N–H and O–H groups in total. The van der Waals surface area contributed by atoms with Crippen LogP contribution in [0.4, 0.5) is 4.79 Å². The number of likely N-dealkylation sites (tertiary alicyclic amines) is 1. The highest BCUT2D eigenvalue weighted by Crippen LogP contribution is 2.31. The first kappa shape index (κ1) is 24.1. The standard InChI is InChI=1S/C22H31BrClN3O4/c1-22(2,3)31-21(29)27-13-16(14-27)25-7-9-26(10-8-25)20(28)6-5-15-11-18(24)17(23)12-19(15)30-4/h11-12,16H,5-10,13-14H2,1-4H3. The molecule has 2 fully saturated rings. The van der Waals surface area contributed by atoms with Crippen molar-refractivity contribution in [1.29, 1.82) is 0 Å². The average molecular weight is 517 g/mol. The van der Waals surface area contributed by atoms with Crippen molar-refractivity contribution in [2.24, 2.45) is 0 Å². The van der Waals surface area contributed by atoms with Gasteiger partial charge in [0.05, 0.1) is 12.1 Å². The van der Waals surface area contributed by atoms with Gasteiger partial charge < -0.3 is 19.3 Å². The summed E-state index contributed by atoms with van der Waals surface area (Å²) in [6.07, 6.45) is 0.758. The van der Waals surface area contributed by atoms with Crippen LogP contribution in [0, 0.1) is 0 Å². The van der Waals surface area contributed by atoms with E-state index >= 15 is 0 Å². The maximum Gasteiger partial charge on any atom is 0.410 e. The minimum atomic E-state index is -0.472. The van der Waals surface area contributed by atoms with Gasteiger partial charge in [-0.15, -0.1) is 0 Å². The Hall–Kier alpha value is -1.51. The molecule has 0 bridgehead atoms. The number of amides is 2. The van der Waals surface area contributed by atoms with Gasteiger partial charge in [-0.1, -0.05) is 11.6 Å². The molecule has 3 rings (SSSR count). The first-order valence-corrected chi connectivity index (χ1v) is 11.8. The molecule has 7 nitrogen and oxygen atoms in total. The van der Waals surface area contributed by atoms with Gasteiger partial charge in [-0.2, -0.15) is 0 Å². The number of nitrogens with zero attached hydrogens (tertiary/aromatic N) is 3. The highest BCUT2D eigenvalue weighted by molar-refractivity contribution is 9.10. The molecule has 9 heteroatoms. The average Bonchev–Trinajstić information content (AvgIpc) is 2.66. The monoisotopic (exact) mass is 515 g/mol. The Morgan fingerprint density at radius 3 is 2.35 bits per heavy atom.